The summed E-state index contributed by atoms with van der Waals surface area (Å²) in [6.45, 7) is 14.2. The molecule has 2 N–H and O–H groups in total. The van der Waals surface area contributed by atoms with Gasteiger partial charge in [0.05, 0.1) is 0 Å². The minimum atomic E-state index is -2.02. The molecule has 0 unspecified atom stereocenters. The van der Waals surface area contributed by atoms with Gasteiger partial charge in [0.15, 0.2) is 0 Å². The molecule has 0 fully saturated rings. The second-order valence-electron chi connectivity index (χ2n) is 10.2. The fourth-order valence-electron chi connectivity index (χ4n) is 6.50. The molecule has 0 aliphatic rings. The Morgan fingerprint density at radius 3 is 1.39 bits per heavy atom. The van der Waals surface area contributed by atoms with Gasteiger partial charge in [-0.05, 0) is 95.0 Å². The van der Waals surface area contributed by atoms with Crippen molar-refractivity contribution in [2.75, 3.05) is 0 Å². The van der Waals surface area contributed by atoms with E-state index in [1.807, 2.05) is 12.4 Å². The van der Waals surface area contributed by atoms with Crippen LogP contribution in [0.2, 0.25) is 13.1 Å². The highest BCUT2D eigenvalue weighted by molar-refractivity contribution is 7.03. The lowest BCUT2D eigenvalue weighted by atomic mass is 10.0. The minimum absolute atomic E-state index is 1.22. The summed E-state index contributed by atoms with van der Waals surface area (Å²) in [6, 6.07) is 18.3. The van der Waals surface area contributed by atoms with E-state index in [1.165, 1.54) is 65.6 Å². The van der Waals surface area contributed by atoms with Crippen molar-refractivity contribution in [2.45, 2.75) is 40.8 Å². The molecule has 0 radical (unpaired) electrons. The Balaban J connectivity index is 1.70. The molecule has 6 aromatic rings. The maximum Gasteiger partial charge on any atom is 0.114 e. The lowest BCUT2D eigenvalue weighted by molar-refractivity contribution is 1.41. The summed E-state index contributed by atoms with van der Waals surface area (Å²) in [5.74, 6) is 0. The first-order valence-corrected chi connectivity index (χ1v) is 14.8. The van der Waals surface area contributed by atoms with Crippen LogP contribution in [0.25, 0.3) is 43.4 Å². The van der Waals surface area contributed by atoms with E-state index in [0.29, 0.717) is 0 Å². The maximum atomic E-state index is 3.49. The summed E-state index contributed by atoms with van der Waals surface area (Å²) >= 11 is 0. The summed E-state index contributed by atoms with van der Waals surface area (Å²) < 4.78 is 0. The lowest BCUT2D eigenvalue weighted by Crippen LogP contribution is -2.54. The fourth-order valence-corrected chi connectivity index (χ4v) is 10.6. The normalized spacial score (nSPS) is 12.5. The van der Waals surface area contributed by atoms with Crippen molar-refractivity contribution in [1.29, 1.82) is 0 Å². The predicted octanol–water partition coefficient (Wildman–Crippen LogP) is 7.01. The van der Waals surface area contributed by atoms with Gasteiger partial charge in [-0.25, -0.2) is 0 Å². The van der Waals surface area contributed by atoms with Crippen LogP contribution in [0.15, 0.2) is 60.9 Å². The number of aryl methyl sites for hydroxylation is 4. The summed E-state index contributed by atoms with van der Waals surface area (Å²) in [5, 5.41) is 11.4. The van der Waals surface area contributed by atoms with E-state index in [2.05, 4.69) is 99.3 Å². The number of aromatic nitrogens is 2. The molecule has 6 rings (SSSR count). The molecular weight excluding hydrogens is 416 g/mol. The Kier molecular flexibility index (Phi) is 4.22. The van der Waals surface area contributed by atoms with E-state index in [4.69, 9.17) is 0 Å². The molecule has 164 valence electrons. The lowest BCUT2D eigenvalue weighted by Gasteiger charge is -2.26. The molecule has 0 aliphatic heterocycles. The zero-order valence-electron chi connectivity index (χ0n) is 20.3. The van der Waals surface area contributed by atoms with E-state index in [-0.39, 0.29) is 0 Å². The Morgan fingerprint density at radius 2 is 0.970 bits per heavy atom. The van der Waals surface area contributed by atoms with Gasteiger partial charge in [0.1, 0.15) is 8.07 Å². The highest BCUT2D eigenvalue weighted by Gasteiger charge is 2.34. The Labute approximate surface area is 195 Å². The van der Waals surface area contributed by atoms with Crippen molar-refractivity contribution in [3.63, 3.8) is 0 Å². The highest BCUT2D eigenvalue weighted by Crippen LogP contribution is 2.33. The van der Waals surface area contributed by atoms with Gasteiger partial charge in [0.25, 0.3) is 0 Å². The van der Waals surface area contributed by atoms with Gasteiger partial charge in [-0.1, -0.05) is 48.5 Å². The molecule has 2 aromatic heterocycles. The molecule has 0 aliphatic carbocycles. The largest absolute Gasteiger partial charge is 0.361 e. The van der Waals surface area contributed by atoms with Gasteiger partial charge in [-0.15, -0.1) is 0 Å². The van der Waals surface area contributed by atoms with Crippen molar-refractivity contribution < 1.29 is 0 Å². The van der Waals surface area contributed by atoms with Crippen molar-refractivity contribution >= 4 is 61.8 Å². The Morgan fingerprint density at radius 1 is 0.545 bits per heavy atom. The first-order valence-electron chi connectivity index (χ1n) is 11.8. The third-order valence-corrected chi connectivity index (χ3v) is 11.7. The maximum absolute atomic E-state index is 3.49. The van der Waals surface area contributed by atoms with Gasteiger partial charge in [0, 0.05) is 34.2 Å². The summed E-state index contributed by atoms with van der Waals surface area (Å²) in [5.41, 5.74) is 8.05. The van der Waals surface area contributed by atoms with E-state index in [0.717, 1.165) is 0 Å². The van der Waals surface area contributed by atoms with Gasteiger partial charge in [-0.2, -0.15) is 0 Å². The topological polar surface area (TPSA) is 31.6 Å². The zero-order valence-corrected chi connectivity index (χ0v) is 21.3. The third kappa shape index (κ3) is 2.72. The van der Waals surface area contributed by atoms with Crippen LogP contribution in [0.4, 0.5) is 0 Å². The first-order chi connectivity index (χ1) is 15.8. The van der Waals surface area contributed by atoms with Crippen molar-refractivity contribution in [2.24, 2.45) is 0 Å². The van der Waals surface area contributed by atoms with E-state index >= 15 is 0 Å². The van der Waals surface area contributed by atoms with Crippen molar-refractivity contribution in [3.8, 4) is 0 Å². The molecular formula is C30H30N2Si. The minimum Gasteiger partial charge on any atom is -0.361 e. The molecule has 3 heteroatoms. The number of hydrogen-bond acceptors (Lipinski definition) is 0. The number of rotatable bonds is 2. The third-order valence-electron chi connectivity index (χ3n) is 7.85. The van der Waals surface area contributed by atoms with Gasteiger partial charge >= 0.3 is 0 Å². The van der Waals surface area contributed by atoms with Crippen LogP contribution in [0.3, 0.4) is 0 Å². The molecule has 0 saturated heterocycles. The van der Waals surface area contributed by atoms with Crippen LogP contribution in [-0.4, -0.2) is 18.0 Å². The average molecular weight is 447 g/mol. The van der Waals surface area contributed by atoms with Gasteiger partial charge < -0.3 is 9.97 Å². The number of aromatic amines is 2. The number of fused-ring (bicyclic) bond motifs is 4. The van der Waals surface area contributed by atoms with E-state index in [9.17, 15) is 0 Å². The molecule has 0 saturated carbocycles. The van der Waals surface area contributed by atoms with Crippen molar-refractivity contribution in [1.82, 2.24) is 9.97 Å². The molecule has 0 atom stereocenters. The Hall–Kier alpha value is -3.30. The molecule has 2 heterocycles. The predicted molar refractivity (Wildman–Crippen MR) is 147 cm³/mol. The quantitative estimate of drug-likeness (QED) is 0.268. The highest BCUT2D eigenvalue weighted by atomic mass is 28.3. The molecule has 0 bridgehead atoms. The first kappa shape index (κ1) is 20.3. The zero-order chi connectivity index (χ0) is 23.1. The van der Waals surface area contributed by atoms with Crippen molar-refractivity contribution in [3.05, 3.63) is 83.2 Å². The van der Waals surface area contributed by atoms with Crippen LogP contribution in [-0.2, 0) is 0 Å². The smallest absolute Gasteiger partial charge is 0.114 e. The summed E-state index contributed by atoms with van der Waals surface area (Å²) in [6.07, 6.45) is 4.07. The molecule has 2 nitrogen and oxygen atoms in total. The Bertz CT molecular complexity index is 1600. The number of benzene rings is 2. The van der Waals surface area contributed by atoms with Crippen LogP contribution in [0.1, 0.15) is 22.3 Å². The van der Waals surface area contributed by atoms with Crippen LogP contribution in [0, 0.1) is 27.7 Å². The standard InChI is InChI=1S/C30H30N2Si/c1-17-13-23-19(3)21-9-7-11-31-27(21)15-25(23)29(17)33(5,6)30-18(2)14-24-20(4)22-10-8-12-32-28(22)16-26(24)30/h7-16,31-32H,1-6H3. The van der Waals surface area contributed by atoms with Crippen LogP contribution >= 0.6 is 0 Å². The number of hydrogen-bond donors (Lipinski definition) is 2. The summed E-state index contributed by atoms with van der Waals surface area (Å²) in [7, 11) is -2.02. The number of H-pyrrole nitrogens is 2. The number of nitrogens with one attached hydrogen (secondary N) is 2. The van der Waals surface area contributed by atoms with E-state index in [1.54, 1.807) is 10.4 Å². The van der Waals surface area contributed by atoms with E-state index < -0.39 is 8.07 Å². The molecule has 0 spiro atoms. The molecule has 0 amide bonds. The SMILES string of the molecule is Cc1cc2c(C)c3ccc[nH]c3cc2c1[Si](C)(C)c1c(C)cc2c(C)c3ccc[nH]c3cc12. The van der Waals surface area contributed by atoms with Gasteiger partial charge in [-0.3, -0.25) is 0 Å². The molecule has 33 heavy (non-hydrogen) atoms. The van der Waals surface area contributed by atoms with Crippen LogP contribution in [0.5, 0.6) is 0 Å². The average Bonchev–Trinajstić information content (AvgIpc) is 3.31. The second kappa shape index (κ2) is 6.85. The molecule has 4 aromatic carbocycles. The summed E-state index contributed by atoms with van der Waals surface area (Å²) in [4.78, 5) is 6.97. The number of pyridine rings is 2. The van der Waals surface area contributed by atoms with Gasteiger partial charge in [0.2, 0.25) is 0 Å². The van der Waals surface area contributed by atoms with Crippen LogP contribution < -0.4 is 10.4 Å². The fraction of sp³-hybridized carbons (Fsp3) is 0.200. The monoisotopic (exact) mass is 446 g/mol. The second-order valence-corrected chi connectivity index (χ2v) is 14.5.